The van der Waals surface area contributed by atoms with Crippen LogP contribution in [0.4, 0.5) is 9.18 Å². The van der Waals surface area contributed by atoms with Gasteiger partial charge in [0.1, 0.15) is 5.82 Å². The first-order valence-electron chi connectivity index (χ1n) is 7.84. The molecule has 3 amide bonds. The molecule has 134 valence electrons. The highest BCUT2D eigenvalue weighted by Crippen LogP contribution is 2.17. The smallest absolute Gasteiger partial charge is 0.331 e. The zero-order chi connectivity index (χ0) is 18.2. The summed E-state index contributed by atoms with van der Waals surface area (Å²) in [5.74, 6) is -2.04. The van der Waals surface area contributed by atoms with E-state index in [1.54, 1.807) is 0 Å². The lowest BCUT2D eigenvalue weighted by Gasteiger charge is -2.12. The first-order chi connectivity index (χ1) is 11.9. The molecule has 2 rings (SSSR count). The van der Waals surface area contributed by atoms with Crippen LogP contribution in [-0.4, -0.2) is 30.6 Å². The summed E-state index contributed by atoms with van der Waals surface area (Å²) in [7, 11) is 0. The highest BCUT2D eigenvalue weighted by Gasteiger charge is 2.18. The van der Waals surface area contributed by atoms with Crippen molar-refractivity contribution in [3.8, 4) is 0 Å². The Hall–Kier alpha value is -2.22. The molecule has 0 bridgehead atoms. The minimum absolute atomic E-state index is 0.0818. The monoisotopic (exact) mass is 412 g/mol. The van der Waals surface area contributed by atoms with Crippen LogP contribution in [0.25, 0.3) is 6.08 Å². The summed E-state index contributed by atoms with van der Waals surface area (Å²) in [5, 5.41) is 4.78. The van der Waals surface area contributed by atoms with Crippen LogP contribution in [0.5, 0.6) is 0 Å². The number of hydrogen-bond acceptors (Lipinski definition) is 4. The summed E-state index contributed by atoms with van der Waals surface area (Å²) in [6.07, 6.45) is 6.16. The molecule has 0 spiro atoms. The number of ether oxygens (including phenoxy) is 1. The number of halogens is 2. The maximum atomic E-state index is 13.5. The number of urea groups is 1. The quantitative estimate of drug-likeness (QED) is 0.575. The van der Waals surface area contributed by atoms with Gasteiger partial charge in [-0.2, -0.15) is 0 Å². The van der Waals surface area contributed by atoms with Crippen LogP contribution in [0, 0.1) is 5.82 Å². The average molecular weight is 413 g/mol. The highest BCUT2D eigenvalue weighted by atomic mass is 79.9. The molecule has 1 fully saturated rings. The van der Waals surface area contributed by atoms with Gasteiger partial charge in [-0.15, -0.1) is 0 Å². The van der Waals surface area contributed by atoms with E-state index in [4.69, 9.17) is 4.74 Å². The van der Waals surface area contributed by atoms with Gasteiger partial charge >= 0.3 is 12.0 Å². The van der Waals surface area contributed by atoms with Gasteiger partial charge in [0, 0.05) is 22.2 Å². The van der Waals surface area contributed by atoms with Gasteiger partial charge in [0.2, 0.25) is 0 Å². The number of imide groups is 1. The van der Waals surface area contributed by atoms with E-state index in [1.165, 1.54) is 24.3 Å². The molecule has 6 nitrogen and oxygen atoms in total. The van der Waals surface area contributed by atoms with E-state index in [0.29, 0.717) is 4.47 Å². The molecular weight excluding hydrogens is 395 g/mol. The van der Waals surface area contributed by atoms with Gasteiger partial charge in [0.25, 0.3) is 5.91 Å². The maximum Gasteiger partial charge on any atom is 0.331 e. The Morgan fingerprint density at radius 3 is 2.72 bits per heavy atom. The summed E-state index contributed by atoms with van der Waals surface area (Å²) >= 11 is 3.20. The second kappa shape index (κ2) is 9.31. The maximum absolute atomic E-state index is 13.5. The summed E-state index contributed by atoms with van der Waals surface area (Å²) < 4.78 is 18.9. The number of carbonyl (C=O) groups is 3. The minimum Gasteiger partial charge on any atom is -0.452 e. The number of amides is 3. The van der Waals surface area contributed by atoms with Crippen molar-refractivity contribution in [3.63, 3.8) is 0 Å². The van der Waals surface area contributed by atoms with Crippen LogP contribution in [-0.2, 0) is 14.3 Å². The Bertz CT molecular complexity index is 687. The first-order valence-corrected chi connectivity index (χ1v) is 8.63. The lowest BCUT2D eigenvalue weighted by Crippen LogP contribution is -2.44. The molecule has 1 aliphatic carbocycles. The Balaban J connectivity index is 1.73. The number of rotatable bonds is 5. The number of nitrogens with one attached hydrogen (secondary N) is 2. The van der Waals surface area contributed by atoms with E-state index >= 15 is 0 Å². The van der Waals surface area contributed by atoms with Gasteiger partial charge in [0.05, 0.1) is 0 Å². The van der Waals surface area contributed by atoms with E-state index in [9.17, 15) is 18.8 Å². The van der Waals surface area contributed by atoms with Crippen molar-refractivity contribution in [1.82, 2.24) is 10.6 Å². The molecule has 1 aromatic carbocycles. The third kappa shape index (κ3) is 6.66. The fourth-order valence-electron chi connectivity index (χ4n) is 2.44. The summed E-state index contributed by atoms with van der Waals surface area (Å²) in [6.45, 7) is -0.595. The fourth-order valence-corrected chi connectivity index (χ4v) is 2.82. The topological polar surface area (TPSA) is 84.5 Å². The number of esters is 1. The molecular formula is C17H18BrFN2O4. The van der Waals surface area contributed by atoms with Crippen LogP contribution in [0.3, 0.4) is 0 Å². The summed E-state index contributed by atoms with van der Waals surface area (Å²) in [4.78, 5) is 34.7. The number of carbonyl (C=O) groups excluding carboxylic acids is 3. The molecule has 1 saturated carbocycles. The molecule has 1 aromatic rings. The molecule has 25 heavy (non-hydrogen) atoms. The van der Waals surface area contributed by atoms with E-state index in [1.807, 2.05) is 0 Å². The van der Waals surface area contributed by atoms with Gasteiger partial charge in [-0.3, -0.25) is 10.1 Å². The Labute approximate surface area is 152 Å². The van der Waals surface area contributed by atoms with E-state index in [0.717, 1.165) is 31.8 Å². The Morgan fingerprint density at radius 2 is 2.00 bits per heavy atom. The summed E-state index contributed by atoms with van der Waals surface area (Å²) in [6, 6.07) is 3.77. The normalized spacial score (nSPS) is 14.5. The standard InChI is InChI=1S/C17H18BrFN2O4/c18-12-6-7-14(19)11(9-12)5-8-16(23)25-10-15(22)21-17(24)20-13-3-1-2-4-13/h5-9,13H,1-4,10H2,(H2,20,21,22,24)/b8-5+. The Morgan fingerprint density at radius 1 is 1.28 bits per heavy atom. The van der Waals surface area contributed by atoms with Crippen molar-refractivity contribution in [1.29, 1.82) is 0 Å². The van der Waals surface area contributed by atoms with Crippen molar-refractivity contribution >= 4 is 39.9 Å². The third-order valence-corrected chi connectivity index (χ3v) is 4.14. The fraction of sp³-hybridized carbons (Fsp3) is 0.353. The predicted octanol–water partition coefficient (Wildman–Crippen LogP) is 2.91. The van der Waals surface area contributed by atoms with E-state index < -0.39 is 30.3 Å². The molecule has 2 N–H and O–H groups in total. The third-order valence-electron chi connectivity index (χ3n) is 3.65. The highest BCUT2D eigenvalue weighted by molar-refractivity contribution is 9.10. The molecule has 0 saturated heterocycles. The molecule has 0 aliphatic heterocycles. The molecule has 1 aliphatic rings. The van der Waals surface area contributed by atoms with Gasteiger partial charge in [-0.1, -0.05) is 28.8 Å². The largest absolute Gasteiger partial charge is 0.452 e. The van der Waals surface area contributed by atoms with Gasteiger partial charge in [-0.25, -0.2) is 14.0 Å². The second-order valence-corrected chi connectivity index (χ2v) is 6.53. The lowest BCUT2D eigenvalue weighted by atomic mass is 10.2. The summed E-state index contributed by atoms with van der Waals surface area (Å²) in [5.41, 5.74) is 0.201. The molecule has 0 radical (unpaired) electrons. The number of benzene rings is 1. The van der Waals surface area contributed by atoms with E-state index in [-0.39, 0.29) is 11.6 Å². The van der Waals surface area contributed by atoms with Crippen molar-refractivity contribution < 1.29 is 23.5 Å². The zero-order valence-corrected chi connectivity index (χ0v) is 15.0. The molecule has 0 heterocycles. The second-order valence-electron chi connectivity index (χ2n) is 5.61. The molecule has 0 unspecified atom stereocenters. The van der Waals surface area contributed by atoms with Gasteiger partial charge < -0.3 is 10.1 Å². The Kier molecular flexibility index (Phi) is 7.12. The van der Waals surface area contributed by atoms with Crippen LogP contribution < -0.4 is 10.6 Å². The van der Waals surface area contributed by atoms with Crippen molar-refractivity contribution in [2.45, 2.75) is 31.7 Å². The first kappa shape index (κ1) is 19.1. The molecule has 8 heteroatoms. The van der Waals surface area contributed by atoms with Gasteiger partial charge in [-0.05, 0) is 37.1 Å². The van der Waals surface area contributed by atoms with E-state index in [2.05, 4.69) is 26.6 Å². The van der Waals surface area contributed by atoms with Crippen LogP contribution in [0.2, 0.25) is 0 Å². The van der Waals surface area contributed by atoms with Crippen LogP contribution in [0.1, 0.15) is 31.2 Å². The molecule has 0 aromatic heterocycles. The van der Waals surface area contributed by atoms with Crippen LogP contribution >= 0.6 is 15.9 Å². The number of hydrogen-bond donors (Lipinski definition) is 2. The minimum atomic E-state index is -0.814. The zero-order valence-electron chi connectivity index (χ0n) is 13.4. The van der Waals surface area contributed by atoms with Crippen LogP contribution in [0.15, 0.2) is 28.7 Å². The SMILES string of the molecule is O=C(COC(=O)/C=C/c1cc(Br)ccc1F)NC(=O)NC1CCCC1. The lowest BCUT2D eigenvalue weighted by molar-refractivity contribution is -0.143. The van der Waals surface area contributed by atoms with Crippen molar-refractivity contribution in [3.05, 3.63) is 40.1 Å². The average Bonchev–Trinajstić information content (AvgIpc) is 3.06. The van der Waals surface area contributed by atoms with Crippen molar-refractivity contribution in [2.24, 2.45) is 0 Å². The molecule has 0 atom stereocenters. The van der Waals surface area contributed by atoms with Crippen molar-refractivity contribution in [2.75, 3.05) is 6.61 Å². The van der Waals surface area contributed by atoms with Gasteiger partial charge in [0.15, 0.2) is 6.61 Å². The predicted molar refractivity (Wildman–Crippen MR) is 93.0 cm³/mol.